The zero-order valence-electron chi connectivity index (χ0n) is 14.3. The van der Waals surface area contributed by atoms with Gasteiger partial charge in [0.1, 0.15) is 0 Å². The summed E-state index contributed by atoms with van der Waals surface area (Å²) in [4.78, 5) is 26.1. The van der Waals surface area contributed by atoms with Crippen LogP contribution < -0.4 is 5.32 Å². The second kappa shape index (κ2) is 5.21. The number of hydrogen-bond acceptors (Lipinski definition) is 4. The minimum atomic E-state index is -1.56. The van der Waals surface area contributed by atoms with Crippen molar-refractivity contribution in [3.8, 4) is 0 Å². The molecule has 1 atom stereocenters. The monoisotopic (exact) mass is 334 g/mol. The molecule has 4 rings (SSSR count). The number of nitrogens with zero attached hydrogens (tertiary/aromatic N) is 1. The number of ketones is 1. The van der Waals surface area contributed by atoms with Gasteiger partial charge >= 0.3 is 5.97 Å². The number of nitrogens with one attached hydrogen (secondary N) is 1. The minimum Gasteiger partial charge on any atom is -0.467 e. The second-order valence-electron chi connectivity index (χ2n) is 6.42. The summed E-state index contributed by atoms with van der Waals surface area (Å²) in [5.74, 6) is -0.895. The van der Waals surface area contributed by atoms with Gasteiger partial charge in [-0.2, -0.15) is 0 Å². The summed E-state index contributed by atoms with van der Waals surface area (Å²) in [6.45, 7) is 1.95. The van der Waals surface area contributed by atoms with E-state index in [-0.39, 0.29) is 5.78 Å². The topological polar surface area (TPSA) is 60.3 Å². The number of hydrogen-bond donors (Lipinski definition) is 1. The summed E-state index contributed by atoms with van der Waals surface area (Å²) in [5.41, 5.74) is 2.16. The van der Waals surface area contributed by atoms with Crippen LogP contribution in [0.3, 0.4) is 0 Å². The van der Waals surface area contributed by atoms with Gasteiger partial charge in [0, 0.05) is 41.0 Å². The number of anilines is 1. The highest BCUT2D eigenvalue weighted by Crippen LogP contribution is 2.43. The molecule has 1 aromatic heterocycles. The first-order valence-electron chi connectivity index (χ1n) is 8.05. The van der Waals surface area contributed by atoms with Gasteiger partial charge in [0.15, 0.2) is 0 Å². The van der Waals surface area contributed by atoms with Gasteiger partial charge in [0.25, 0.3) is 0 Å². The van der Waals surface area contributed by atoms with E-state index in [2.05, 4.69) is 5.32 Å². The number of carbonyl (C=O) groups is 2. The number of carbonyl (C=O) groups excluding carboxylic acids is 2. The van der Waals surface area contributed by atoms with Crippen molar-refractivity contribution in [2.45, 2.75) is 12.5 Å². The fourth-order valence-electron chi connectivity index (χ4n) is 3.66. The first kappa shape index (κ1) is 15.4. The third-order valence-electron chi connectivity index (χ3n) is 4.88. The summed E-state index contributed by atoms with van der Waals surface area (Å²) in [6.07, 6.45) is 1.82. The van der Waals surface area contributed by atoms with E-state index in [9.17, 15) is 9.59 Å². The smallest absolute Gasteiger partial charge is 0.344 e. The van der Waals surface area contributed by atoms with Gasteiger partial charge in [-0.25, -0.2) is 4.79 Å². The number of aromatic nitrogens is 1. The number of methoxy groups -OCH3 is 1. The molecule has 0 bridgehead atoms. The number of rotatable bonds is 2. The average molecular weight is 334 g/mol. The van der Waals surface area contributed by atoms with E-state index >= 15 is 0 Å². The Balaban J connectivity index is 2.03. The zero-order valence-corrected chi connectivity index (χ0v) is 14.3. The minimum absolute atomic E-state index is 0.286. The molecule has 25 heavy (non-hydrogen) atoms. The van der Waals surface area contributed by atoms with Gasteiger partial charge in [-0.1, -0.05) is 24.3 Å². The molecular weight excluding hydrogens is 316 g/mol. The van der Waals surface area contributed by atoms with Crippen LogP contribution in [0.15, 0.2) is 48.7 Å². The zero-order chi connectivity index (χ0) is 17.8. The Morgan fingerprint density at radius 1 is 1.20 bits per heavy atom. The van der Waals surface area contributed by atoms with Crippen LogP contribution in [0.1, 0.15) is 21.5 Å². The lowest BCUT2D eigenvalue weighted by atomic mass is 9.85. The number of aryl methyl sites for hydroxylation is 2. The molecule has 126 valence electrons. The molecule has 1 N–H and O–H groups in total. The normalized spacial score (nSPS) is 18.9. The van der Waals surface area contributed by atoms with Crippen molar-refractivity contribution in [3.05, 3.63) is 65.4 Å². The molecule has 0 amide bonds. The Morgan fingerprint density at radius 3 is 2.72 bits per heavy atom. The standard InChI is InChI=1S/C20H18N2O3/c1-12-8-9-14-16(10-12)21-20(18(14)23,19(24)25-3)15-11-22(2)17-7-5-4-6-13(15)17/h4-11,21H,1-3H3. The lowest BCUT2D eigenvalue weighted by Crippen LogP contribution is -2.47. The van der Waals surface area contributed by atoms with Crippen LogP contribution in [-0.4, -0.2) is 23.4 Å². The molecule has 1 aliphatic rings. The van der Waals surface area contributed by atoms with Crippen LogP contribution in [0.4, 0.5) is 5.69 Å². The highest BCUT2D eigenvalue weighted by atomic mass is 16.5. The molecule has 1 unspecified atom stereocenters. The molecule has 5 nitrogen and oxygen atoms in total. The first-order chi connectivity index (χ1) is 12.0. The molecule has 1 aliphatic heterocycles. The molecule has 0 spiro atoms. The van der Waals surface area contributed by atoms with E-state index in [1.807, 2.05) is 61.1 Å². The maximum absolute atomic E-state index is 13.3. The van der Waals surface area contributed by atoms with Crippen molar-refractivity contribution in [1.29, 1.82) is 0 Å². The highest BCUT2D eigenvalue weighted by Gasteiger charge is 2.55. The van der Waals surface area contributed by atoms with Crippen molar-refractivity contribution in [2.75, 3.05) is 12.4 Å². The van der Waals surface area contributed by atoms with Crippen molar-refractivity contribution in [1.82, 2.24) is 4.57 Å². The molecular formula is C20H18N2O3. The highest BCUT2D eigenvalue weighted by molar-refractivity contribution is 6.26. The molecule has 0 saturated heterocycles. The van der Waals surface area contributed by atoms with Gasteiger partial charge < -0.3 is 14.6 Å². The second-order valence-corrected chi connectivity index (χ2v) is 6.42. The molecule has 0 saturated carbocycles. The number of ether oxygens (including phenoxy) is 1. The Labute approximate surface area is 145 Å². The Morgan fingerprint density at radius 2 is 1.96 bits per heavy atom. The van der Waals surface area contributed by atoms with Crippen LogP contribution in [0.2, 0.25) is 0 Å². The largest absolute Gasteiger partial charge is 0.467 e. The van der Waals surface area contributed by atoms with Crippen molar-refractivity contribution >= 4 is 28.3 Å². The molecule has 0 radical (unpaired) electrons. The Kier molecular flexibility index (Phi) is 3.22. The van der Waals surface area contributed by atoms with Crippen LogP contribution >= 0.6 is 0 Å². The number of esters is 1. The quantitative estimate of drug-likeness (QED) is 0.578. The van der Waals surface area contributed by atoms with E-state index in [4.69, 9.17) is 4.74 Å². The summed E-state index contributed by atoms with van der Waals surface area (Å²) < 4.78 is 6.97. The number of para-hydroxylation sites is 1. The van der Waals surface area contributed by atoms with Crippen LogP contribution in [0.25, 0.3) is 10.9 Å². The lowest BCUT2D eigenvalue weighted by molar-refractivity contribution is -0.144. The predicted octanol–water partition coefficient (Wildman–Crippen LogP) is 3.16. The van der Waals surface area contributed by atoms with Crippen molar-refractivity contribution in [2.24, 2.45) is 7.05 Å². The van der Waals surface area contributed by atoms with Crippen LogP contribution in [0.5, 0.6) is 0 Å². The van der Waals surface area contributed by atoms with Crippen LogP contribution in [-0.2, 0) is 22.1 Å². The molecule has 3 aromatic rings. The third kappa shape index (κ3) is 1.95. The van der Waals surface area contributed by atoms with Gasteiger partial charge in [-0.3, -0.25) is 4.79 Å². The van der Waals surface area contributed by atoms with Gasteiger partial charge in [-0.15, -0.1) is 0 Å². The molecule has 2 aromatic carbocycles. The maximum Gasteiger partial charge on any atom is 0.344 e. The maximum atomic E-state index is 13.3. The van der Waals surface area contributed by atoms with E-state index in [1.165, 1.54) is 7.11 Å². The van der Waals surface area contributed by atoms with E-state index in [0.717, 1.165) is 16.5 Å². The molecule has 0 fully saturated rings. The average Bonchev–Trinajstić information content (AvgIpc) is 3.10. The van der Waals surface area contributed by atoms with E-state index < -0.39 is 11.5 Å². The van der Waals surface area contributed by atoms with Crippen LogP contribution in [0, 0.1) is 6.92 Å². The number of benzene rings is 2. The van der Waals surface area contributed by atoms with Gasteiger partial charge in [0.2, 0.25) is 11.3 Å². The molecule has 5 heteroatoms. The fraction of sp³-hybridized carbons (Fsp3) is 0.200. The number of fused-ring (bicyclic) bond motifs is 2. The van der Waals surface area contributed by atoms with Crippen molar-refractivity contribution in [3.63, 3.8) is 0 Å². The van der Waals surface area contributed by atoms with E-state index in [1.54, 1.807) is 6.07 Å². The lowest BCUT2D eigenvalue weighted by Gasteiger charge is -2.25. The SMILES string of the molecule is COC(=O)C1(c2cn(C)c3ccccc23)Nc2cc(C)ccc2C1=O. The third-order valence-corrected chi connectivity index (χ3v) is 4.88. The summed E-state index contributed by atoms with van der Waals surface area (Å²) in [7, 11) is 3.20. The predicted molar refractivity (Wildman–Crippen MR) is 95.7 cm³/mol. The fourth-order valence-corrected chi connectivity index (χ4v) is 3.66. The summed E-state index contributed by atoms with van der Waals surface area (Å²) >= 11 is 0. The summed E-state index contributed by atoms with van der Waals surface area (Å²) in [5, 5.41) is 4.02. The Hall–Kier alpha value is -3.08. The molecule has 2 heterocycles. The van der Waals surface area contributed by atoms with Crippen molar-refractivity contribution < 1.29 is 14.3 Å². The number of Topliss-reactive ketones (excluding diaryl/α,β-unsaturated/α-hetero) is 1. The summed E-state index contributed by atoms with van der Waals surface area (Å²) in [6, 6.07) is 13.2. The molecule has 0 aliphatic carbocycles. The van der Waals surface area contributed by atoms with E-state index in [0.29, 0.717) is 16.8 Å². The van der Waals surface area contributed by atoms with Gasteiger partial charge in [-0.05, 0) is 30.7 Å². The first-order valence-corrected chi connectivity index (χ1v) is 8.05. The van der Waals surface area contributed by atoms with Gasteiger partial charge in [0.05, 0.1) is 7.11 Å². The Bertz CT molecular complexity index is 1030.